The van der Waals surface area contributed by atoms with Crippen LogP contribution in [0.5, 0.6) is 0 Å². The van der Waals surface area contributed by atoms with Gasteiger partial charge in [-0.2, -0.15) is 4.98 Å². The Labute approximate surface area is 141 Å². The van der Waals surface area contributed by atoms with Crippen molar-refractivity contribution >= 4 is 17.0 Å². The Kier molecular flexibility index (Phi) is 4.03. The second-order valence-corrected chi connectivity index (χ2v) is 5.37. The highest BCUT2D eigenvalue weighted by atomic mass is 19.1. The number of aromatic amines is 1. The molecule has 2 N–H and O–H groups in total. The van der Waals surface area contributed by atoms with Crippen molar-refractivity contribution in [3.05, 3.63) is 48.6 Å². The average molecular weight is 339 g/mol. The van der Waals surface area contributed by atoms with Crippen molar-refractivity contribution in [1.82, 2.24) is 30.1 Å². The van der Waals surface area contributed by atoms with Crippen LogP contribution in [0.15, 0.2) is 41.4 Å². The minimum Gasteiger partial charge on any atom is -0.368 e. The zero-order chi connectivity index (χ0) is 17.1. The molecule has 3 aromatic heterocycles. The highest BCUT2D eigenvalue weighted by Crippen LogP contribution is 2.17. The van der Waals surface area contributed by atoms with E-state index in [-0.39, 0.29) is 5.82 Å². The van der Waals surface area contributed by atoms with Crippen molar-refractivity contribution in [2.45, 2.75) is 12.8 Å². The normalized spacial score (nSPS) is 11.1. The lowest BCUT2D eigenvalue weighted by Gasteiger charge is -2.04. The summed E-state index contributed by atoms with van der Waals surface area (Å²) in [6.45, 7) is 0.680. The molecule has 0 unspecified atom stereocenters. The Morgan fingerprint density at radius 3 is 2.88 bits per heavy atom. The first kappa shape index (κ1) is 15.2. The van der Waals surface area contributed by atoms with Crippen LogP contribution in [0.1, 0.15) is 12.3 Å². The lowest BCUT2D eigenvalue weighted by Crippen LogP contribution is -2.05. The van der Waals surface area contributed by atoms with Crippen molar-refractivity contribution < 1.29 is 8.91 Å². The standard InChI is InChI=1S/C16H14FN7O/c17-11-5-3-10(4-6-11)14-23-12(25-24-14)2-1-7-18-15-13-16(20-8-19-13)22-9-21-15/h3-6,8-9H,1-2,7H2,(H2,18,19,20,21,22). The topological polar surface area (TPSA) is 105 Å². The molecule has 0 aliphatic rings. The Morgan fingerprint density at radius 2 is 2.00 bits per heavy atom. The Hall–Kier alpha value is -3.36. The average Bonchev–Trinajstić information content (AvgIpc) is 3.29. The van der Waals surface area contributed by atoms with Gasteiger partial charge in [-0.1, -0.05) is 5.16 Å². The third-order valence-electron chi connectivity index (χ3n) is 3.65. The molecule has 0 saturated carbocycles. The van der Waals surface area contributed by atoms with Gasteiger partial charge in [0.25, 0.3) is 0 Å². The fourth-order valence-corrected chi connectivity index (χ4v) is 2.42. The number of imidazole rings is 1. The molecule has 0 fully saturated rings. The molecular weight excluding hydrogens is 325 g/mol. The smallest absolute Gasteiger partial charge is 0.227 e. The van der Waals surface area contributed by atoms with E-state index in [0.717, 1.165) is 17.5 Å². The molecule has 8 nitrogen and oxygen atoms in total. The van der Waals surface area contributed by atoms with Crippen LogP contribution in [0.25, 0.3) is 22.6 Å². The number of nitrogens with one attached hydrogen (secondary N) is 2. The molecule has 0 spiro atoms. The van der Waals surface area contributed by atoms with Crippen molar-refractivity contribution in [3.8, 4) is 11.4 Å². The number of aryl methyl sites for hydroxylation is 1. The SMILES string of the molecule is Fc1ccc(-c2noc(CCCNc3ncnc4nc[nH]c34)n2)cc1. The maximum Gasteiger partial charge on any atom is 0.227 e. The first-order chi connectivity index (χ1) is 12.3. The van der Waals surface area contributed by atoms with Crippen molar-refractivity contribution in [3.63, 3.8) is 0 Å². The fourth-order valence-electron chi connectivity index (χ4n) is 2.42. The van der Waals surface area contributed by atoms with E-state index in [0.29, 0.717) is 36.1 Å². The number of fused-ring (bicyclic) bond motifs is 1. The first-order valence-electron chi connectivity index (χ1n) is 7.76. The van der Waals surface area contributed by atoms with Crippen molar-refractivity contribution in [2.75, 3.05) is 11.9 Å². The van der Waals surface area contributed by atoms with Gasteiger partial charge in [0.05, 0.1) is 6.33 Å². The van der Waals surface area contributed by atoms with Gasteiger partial charge < -0.3 is 14.8 Å². The Balaban J connectivity index is 1.33. The summed E-state index contributed by atoms with van der Waals surface area (Å²) >= 11 is 0. The lowest BCUT2D eigenvalue weighted by molar-refractivity contribution is 0.377. The molecule has 126 valence electrons. The number of H-pyrrole nitrogens is 1. The van der Waals surface area contributed by atoms with Crippen LogP contribution in [0, 0.1) is 5.82 Å². The van der Waals surface area contributed by atoms with E-state index in [1.165, 1.54) is 18.5 Å². The summed E-state index contributed by atoms with van der Waals surface area (Å²) in [6.07, 6.45) is 4.46. The molecule has 25 heavy (non-hydrogen) atoms. The zero-order valence-electron chi connectivity index (χ0n) is 13.1. The second kappa shape index (κ2) is 6.63. The summed E-state index contributed by atoms with van der Waals surface area (Å²) < 4.78 is 18.2. The lowest BCUT2D eigenvalue weighted by atomic mass is 10.2. The largest absolute Gasteiger partial charge is 0.368 e. The van der Waals surface area contributed by atoms with E-state index in [1.807, 2.05) is 0 Å². The third kappa shape index (κ3) is 3.30. The molecule has 4 rings (SSSR count). The summed E-state index contributed by atoms with van der Waals surface area (Å²) in [5, 5.41) is 7.16. The van der Waals surface area contributed by atoms with E-state index >= 15 is 0 Å². The molecule has 0 aliphatic carbocycles. The molecule has 0 amide bonds. The van der Waals surface area contributed by atoms with Crippen LogP contribution in [-0.4, -0.2) is 36.6 Å². The third-order valence-corrected chi connectivity index (χ3v) is 3.65. The Bertz CT molecular complexity index is 979. The van der Waals surface area contributed by atoms with Gasteiger partial charge in [-0.15, -0.1) is 0 Å². The molecule has 9 heteroatoms. The molecular formula is C16H14FN7O. The van der Waals surface area contributed by atoms with E-state index in [1.54, 1.807) is 18.5 Å². The van der Waals surface area contributed by atoms with Gasteiger partial charge in [0.2, 0.25) is 11.7 Å². The highest BCUT2D eigenvalue weighted by Gasteiger charge is 2.09. The maximum absolute atomic E-state index is 12.9. The highest BCUT2D eigenvalue weighted by molar-refractivity contribution is 5.81. The molecule has 0 atom stereocenters. The number of anilines is 1. The second-order valence-electron chi connectivity index (χ2n) is 5.37. The number of hydrogen-bond acceptors (Lipinski definition) is 7. The van der Waals surface area contributed by atoms with Crippen molar-refractivity contribution in [1.29, 1.82) is 0 Å². The molecule has 0 radical (unpaired) electrons. The van der Waals surface area contributed by atoms with E-state index < -0.39 is 0 Å². The van der Waals surface area contributed by atoms with Crippen LogP contribution in [0.2, 0.25) is 0 Å². The fraction of sp³-hybridized carbons (Fsp3) is 0.188. The summed E-state index contributed by atoms with van der Waals surface area (Å²) in [7, 11) is 0. The molecule has 3 heterocycles. The van der Waals surface area contributed by atoms with Gasteiger partial charge in [0.15, 0.2) is 11.5 Å². The van der Waals surface area contributed by atoms with Gasteiger partial charge >= 0.3 is 0 Å². The van der Waals surface area contributed by atoms with Crippen LogP contribution in [0.3, 0.4) is 0 Å². The summed E-state index contributed by atoms with van der Waals surface area (Å²) in [6, 6.07) is 5.98. The van der Waals surface area contributed by atoms with Gasteiger partial charge in [0.1, 0.15) is 17.7 Å². The predicted molar refractivity (Wildman–Crippen MR) is 88.2 cm³/mol. The van der Waals surface area contributed by atoms with Crippen molar-refractivity contribution in [2.24, 2.45) is 0 Å². The molecule has 1 aromatic carbocycles. The quantitative estimate of drug-likeness (QED) is 0.520. The molecule has 4 aromatic rings. The van der Waals surface area contributed by atoms with E-state index in [9.17, 15) is 4.39 Å². The molecule has 0 aliphatic heterocycles. The monoisotopic (exact) mass is 339 g/mol. The van der Waals surface area contributed by atoms with E-state index in [2.05, 4.69) is 35.4 Å². The number of aromatic nitrogens is 6. The maximum atomic E-state index is 12.9. The van der Waals surface area contributed by atoms with Crippen LogP contribution in [-0.2, 0) is 6.42 Å². The molecule has 0 bridgehead atoms. The van der Waals surface area contributed by atoms with Crippen LogP contribution < -0.4 is 5.32 Å². The van der Waals surface area contributed by atoms with Gasteiger partial charge in [-0.3, -0.25) is 0 Å². The molecule has 0 saturated heterocycles. The summed E-state index contributed by atoms with van der Waals surface area (Å²) in [5.74, 6) is 1.41. The zero-order valence-corrected chi connectivity index (χ0v) is 13.1. The van der Waals surface area contributed by atoms with Crippen LogP contribution >= 0.6 is 0 Å². The summed E-state index contributed by atoms with van der Waals surface area (Å²) in [5.41, 5.74) is 2.12. The summed E-state index contributed by atoms with van der Waals surface area (Å²) in [4.78, 5) is 19.7. The van der Waals surface area contributed by atoms with Gasteiger partial charge in [-0.25, -0.2) is 19.3 Å². The number of benzene rings is 1. The van der Waals surface area contributed by atoms with Gasteiger partial charge in [0, 0.05) is 18.5 Å². The number of nitrogens with zero attached hydrogens (tertiary/aromatic N) is 5. The first-order valence-corrected chi connectivity index (χ1v) is 7.76. The van der Waals surface area contributed by atoms with E-state index in [4.69, 9.17) is 4.52 Å². The van der Waals surface area contributed by atoms with Crippen LogP contribution in [0.4, 0.5) is 10.2 Å². The van der Waals surface area contributed by atoms with Gasteiger partial charge in [-0.05, 0) is 30.7 Å². The number of rotatable bonds is 6. The minimum absolute atomic E-state index is 0.297. The minimum atomic E-state index is -0.297. The number of hydrogen-bond donors (Lipinski definition) is 2. The Morgan fingerprint density at radius 1 is 1.12 bits per heavy atom. The number of halogens is 1. The predicted octanol–water partition coefficient (Wildman–Crippen LogP) is 2.59.